The maximum Gasteiger partial charge on any atom is 0.0534 e. The first-order valence-electron chi connectivity index (χ1n) is 11.1. The van der Waals surface area contributed by atoms with E-state index in [-0.39, 0.29) is 0 Å². The van der Waals surface area contributed by atoms with E-state index in [1.165, 1.54) is 58.9 Å². The average Bonchev–Trinajstić information content (AvgIpc) is 3.06. The number of rotatable bonds is 5. The zero-order valence-corrected chi connectivity index (χ0v) is 20.5. The van der Waals surface area contributed by atoms with Gasteiger partial charge in [-0.05, 0) is 85.5 Å². The minimum Gasteiger partial charge on any atom is -0.314 e. The minimum absolute atomic E-state index is 0.779. The van der Waals surface area contributed by atoms with E-state index >= 15 is 0 Å². The lowest BCUT2D eigenvalue weighted by molar-refractivity contribution is 0.281. The Morgan fingerprint density at radius 1 is 0.933 bits per heavy atom. The van der Waals surface area contributed by atoms with Crippen molar-refractivity contribution < 1.29 is 0 Å². The Balaban J connectivity index is 1.72. The van der Waals surface area contributed by atoms with Crippen LogP contribution in [0.1, 0.15) is 23.7 Å². The quantitative estimate of drug-likeness (QED) is 0.384. The Morgan fingerprint density at radius 2 is 1.57 bits per heavy atom. The predicted octanol–water partition coefficient (Wildman–Crippen LogP) is 7.19. The smallest absolute Gasteiger partial charge is 0.0534 e. The third-order valence-corrected chi connectivity index (χ3v) is 10.1. The molecule has 0 bridgehead atoms. The van der Waals surface area contributed by atoms with Crippen LogP contribution in [0.2, 0.25) is 30.2 Å². The van der Waals surface area contributed by atoms with Crippen LogP contribution in [0.25, 0.3) is 16.9 Å². The third kappa shape index (κ3) is 4.59. The predicted molar refractivity (Wildman–Crippen MR) is 133 cm³/mol. The van der Waals surface area contributed by atoms with Crippen LogP contribution in [0.4, 0.5) is 0 Å². The van der Waals surface area contributed by atoms with Gasteiger partial charge in [0.1, 0.15) is 0 Å². The molecule has 4 rings (SSSR count). The molecule has 0 radical (unpaired) electrons. The zero-order valence-electron chi connectivity index (χ0n) is 18.7. The molecule has 1 aliphatic rings. The summed E-state index contributed by atoms with van der Waals surface area (Å²) in [6.07, 6.45) is 1.06. The third-order valence-electron chi connectivity index (χ3n) is 6.70. The first-order valence-corrected chi connectivity index (χ1v) is 14.9. The normalized spacial score (nSPS) is 16.7. The molecule has 1 fully saturated rings. The second-order valence-corrected chi connectivity index (χ2v) is 15.2. The van der Waals surface area contributed by atoms with E-state index in [2.05, 4.69) is 78.9 Å². The molecule has 1 aromatic heterocycles. The molecule has 0 aliphatic carbocycles. The summed E-state index contributed by atoms with van der Waals surface area (Å²) in [5.74, 6) is 0. The molecule has 1 aliphatic heterocycles. The van der Waals surface area contributed by atoms with Crippen LogP contribution >= 0.6 is 11.6 Å². The van der Waals surface area contributed by atoms with Crippen LogP contribution in [0.3, 0.4) is 0 Å². The van der Waals surface area contributed by atoms with Crippen molar-refractivity contribution in [1.82, 2.24) is 9.47 Å². The van der Waals surface area contributed by atoms with Crippen molar-refractivity contribution in [2.24, 2.45) is 0 Å². The van der Waals surface area contributed by atoms with Crippen LogP contribution < -0.4 is 0 Å². The summed E-state index contributed by atoms with van der Waals surface area (Å²) in [5, 5.41) is 0.779. The standard InChI is InChI=1S/C26H33ClN2Si/c1-5-21-6-12-25(13-7-21)29-20(2)23(19-28-14-16-30(3,4)17-15-28)18-26(29)22-8-10-24(27)11-9-22/h6-13,18H,5,14-17,19H2,1-4H3. The van der Waals surface area contributed by atoms with Crippen molar-refractivity contribution in [1.29, 1.82) is 0 Å². The topological polar surface area (TPSA) is 8.17 Å². The van der Waals surface area contributed by atoms with Gasteiger partial charge in [0.2, 0.25) is 0 Å². The highest BCUT2D eigenvalue weighted by atomic mass is 35.5. The Morgan fingerprint density at radius 3 is 2.17 bits per heavy atom. The van der Waals surface area contributed by atoms with Crippen LogP contribution in [0.15, 0.2) is 54.6 Å². The number of aryl methyl sites for hydroxylation is 1. The molecule has 0 saturated carbocycles. The molecular formula is C26H33ClN2Si. The molecule has 3 aromatic rings. The van der Waals surface area contributed by atoms with Crippen LogP contribution in [-0.2, 0) is 13.0 Å². The molecule has 2 nitrogen and oxygen atoms in total. The van der Waals surface area contributed by atoms with E-state index in [0.717, 1.165) is 18.0 Å². The van der Waals surface area contributed by atoms with Crippen molar-refractivity contribution in [3.8, 4) is 16.9 Å². The lowest BCUT2D eigenvalue weighted by atomic mass is 10.1. The molecule has 0 atom stereocenters. The van der Waals surface area contributed by atoms with Crippen LogP contribution in [0, 0.1) is 6.92 Å². The lowest BCUT2D eigenvalue weighted by Crippen LogP contribution is -2.42. The Kier molecular flexibility index (Phi) is 6.24. The first kappa shape index (κ1) is 21.4. The highest BCUT2D eigenvalue weighted by Crippen LogP contribution is 2.32. The monoisotopic (exact) mass is 436 g/mol. The van der Waals surface area contributed by atoms with Crippen molar-refractivity contribution in [2.45, 2.75) is 52.0 Å². The van der Waals surface area contributed by atoms with Gasteiger partial charge in [0, 0.05) is 31.0 Å². The van der Waals surface area contributed by atoms with Gasteiger partial charge in [0.05, 0.1) is 5.69 Å². The molecule has 158 valence electrons. The van der Waals surface area contributed by atoms with E-state index in [1.54, 1.807) is 0 Å². The summed E-state index contributed by atoms with van der Waals surface area (Å²) in [6.45, 7) is 13.1. The highest BCUT2D eigenvalue weighted by Gasteiger charge is 2.28. The second-order valence-electron chi connectivity index (χ2n) is 9.44. The Labute approximate surface area is 187 Å². The Bertz CT molecular complexity index is 993. The summed E-state index contributed by atoms with van der Waals surface area (Å²) < 4.78 is 2.42. The fourth-order valence-corrected chi connectivity index (χ4v) is 6.64. The summed E-state index contributed by atoms with van der Waals surface area (Å²) in [7, 11) is -0.948. The lowest BCUT2D eigenvalue weighted by Gasteiger charge is -2.35. The minimum atomic E-state index is -0.948. The SMILES string of the molecule is CCc1ccc(-n2c(-c3ccc(Cl)cc3)cc(CN3CC[Si](C)(C)CC3)c2C)cc1. The molecule has 30 heavy (non-hydrogen) atoms. The summed E-state index contributed by atoms with van der Waals surface area (Å²) in [6, 6.07) is 22.5. The van der Waals surface area contributed by atoms with Crippen molar-refractivity contribution in [2.75, 3.05) is 13.1 Å². The van der Waals surface area contributed by atoms with Crippen molar-refractivity contribution in [3.05, 3.63) is 76.4 Å². The van der Waals surface area contributed by atoms with Crippen LogP contribution in [-0.4, -0.2) is 30.6 Å². The van der Waals surface area contributed by atoms with Crippen molar-refractivity contribution >= 4 is 19.7 Å². The first-order chi connectivity index (χ1) is 14.4. The average molecular weight is 437 g/mol. The van der Waals surface area contributed by atoms with Gasteiger partial charge in [-0.1, -0.05) is 55.9 Å². The van der Waals surface area contributed by atoms with E-state index in [0.29, 0.717) is 0 Å². The highest BCUT2D eigenvalue weighted by molar-refractivity contribution is 6.77. The maximum atomic E-state index is 6.17. The van der Waals surface area contributed by atoms with Crippen LogP contribution in [0.5, 0.6) is 0 Å². The number of halogens is 1. The summed E-state index contributed by atoms with van der Waals surface area (Å²) in [5.41, 5.74) is 7.83. The van der Waals surface area contributed by atoms with Gasteiger partial charge in [-0.15, -0.1) is 0 Å². The van der Waals surface area contributed by atoms with E-state index in [4.69, 9.17) is 11.6 Å². The number of aromatic nitrogens is 1. The largest absolute Gasteiger partial charge is 0.314 e. The fraction of sp³-hybridized carbons (Fsp3) is 0.385. The molecule has 2 heterocycles. The van der Waals surface area contributed by atoms with Gasteiger partial charge in [0.25, 0.3) is 0 Å². The number of nitrogens with zero attached hydrogens (tertiary/aromatic N) is 2. The summed E-state index contributed by atoms with van der Waals surface area (Å²) >= 11 is 6.17. The van der Waals surface area contributed by atoms with Gasteiger partial charge in [0.15, 0.2) is 0 Å². The van der Waals surface area contributed by atoms with Crippen molar-refractivity contribution in [3.63, 3.8) is 0 Å². The van der Waals surface area contributed by atoms with Gasteiger partial charge >= 0.3 is 0 Å². The van der Waals surface area contributed by atoms with E-state index in [9.17, 15) is 0 Å². The molecule has 1 saturated heterocycles. The fourth-order valence-electron chi connectivity index (χ4n) is 4.42. The molecule has 0 spiro atoms. The van der Waals surface area contributed by atoms with Gasteiger partial charge in [-0.3, -0.25) is 4.90 Å². The van der Waals surface area contributed by atoms with Gasteiger partial charge in [-0.25, -0.2) is 0 Å². The second kappa shape index (κ2) is 8.74. The molecule has 2 aromatic carbocycles. The molecule has 4 heteroatoms. The number of hydrogen-bond donors (Lipinski definition) is 0. The molecule has 0 amide bonds. The van der Waals surface area contributed by atoms with E-state index in [1.807, 2.05) is 12.1 Å². The van der Waals surface area contributed by atoms with Gasteiger partial charge < -0.3 is 4.57 Å². The number of benzene rings is 2. The maximum absolute atomic E-state index is 6.17. The molecule has 0 unspecified atom stereocenters. The Hall–Kier alpha value is -1.81. The van der Waals surface area contributed by atoms with E-state index < -0.39 is 8.07 Å². The molecule has 0 N–H and O–H groups in total. The van der Waals surface area contributed by atoms with Gasteiger partial charge in [-0.2, -0.15) is 0 Å². The zero-order chi connectivity index (χ0) is 21.3. The number of hydrogen-bond acceptors (Lipinski definition) is 1. The summed E-state index contributed by atoms with van der Waals surface area (Å²) in [4.78, 5) is 2.65. The molecular weight excluding hydrogens is 404 g/mol.